The molecule has 0 N–H and O–H groups in total. The Morgan fingerprint density at radius 2 is 1.91 bits per heavy atom. The number of carbonyl (C=O) groups is 2. The predicted molar refractivity (Wildman–Crippen MR) is 123 cm³/mol. The molecule has 0 aliphatic heterocycles. The van der Waals surface area contributed by atoms with Crippen LogP contribution in [-0.4, -0.2) is 47.3 Å². The number of halogens is 1. The first-order chi connectivity index (χ1) is 15.9. The third-order valence-electron chi connectivity index (χ3n) is 5.14. The summed E-state index contributed by atoms with van der Waals surface area (Å²) in [5.74, 6) is -1.34. The summed E-state index contributed by atoms with van der Waals surface area (Å²) in [6.07, 6.45) is 0. The number of para-hydroxylation sites is 1. The summed E-state index contributed by atoms with van der Waals surface area (Å²) in [5, 5.41) is 5.42. The van der Waals surface area contributed by atoms with Crippen molar-refractivity contribution >= 4 is 33.4 Å². The summed E-state index contributed by atoms with van der Waals surface area (Å²) < 4.78 is 25.8. The highest BCUT2D eigenvalue weighted by molar-refractivity contribution is 7.20. The zero-order valence-electron chi connectivity index (χ0n) is 18.4. The summed E-state index contributed by atoms with van der Waals surface area (Å²) in [6, 6.07) is 15.9. The first-order valence-electron chi connectivity index (χ1n) is 10.2. The number of nitrogens with zero attached hydrogens (tertiary/aromatic N) is 3. The van der Waals surface area contributed by atoms with Crippen molar-refractivity contribution in [3.8, 4) is 11.4 Å². The van der Waals surface area contributed by atoms with Crippen LogP contribution in [-0.2, 0) is 16.1 Å². The van der Waals surface area contributed by atoms with Crippen molar-refractivity contribution in [2.24, 2.45) is 0 Å². The largest absolute Gasteiger partial charge is 0.494 e. The predicted octanol–water partition coefficient (Wildman–Crippen LogP) is 4.36. The first-order valence-corrected chi connectivity index (χ1v) is 11.0. The van der Waals surface area contributed by atoms with E-state index in [1.165, 1.54) is 35.5 Å². The number of aromatic nitrogens is 2. The van der Waals surface area contributed by atoms with Gasteiger partial charge in [-0.1, -0.05) is 24.3 Å². The Morgan fingerprint density at radius 1 is 1.15 bits per heavy atom. The number of amides is 1. The Hall–Kier alpha value is -3.72. The summed E-state index contributed by atoms with van der Waals surface area (Å²) >= 11 is 1.26. The van der Waals surface area contributed by atoms with Crippen LogP contribution in [0.1, 0.15) is 20.9 Å². The van der Waals surface area contributed by atoms with E-state index in [0.717, 1.165) is 21.6 Å². The number of hydrogen-bond acceptors (Lipinski definition) is 6. The molecule has 2 aromatic carbocycles. The van der Waals surface area contributed by atoms with Crippen LogP contribution >= 0.6 is 11.3 Å². The Balaban J connectivity index is 1.41. The summed E-state index contributed by atoms with van der Waals surface area (Å²) in [4.78, 5) is 27.6. The number of esters is 1. The average molecular weight is 468 g/mol. The van der Waals surface area contributed by atoms with Crippen LogP contribution in [0, 0.1) is 12.7 Å². The molecule has 33 heavy (non-hydrogen) atoms. The van der Waals surface area contributed by atoms with Gasteiger partial charge in [0.25, 0.3) is 5.91 Å². The van der Waals surface area contributed by atoms with Gasteiger partial charge in [-0.2, -0.15) is 5.10 Å². The molecule has 0 aliphatic rings. The Bertz CT molecular complexity index is 1320. The number of likely N-dealkylation sites (N-methyl/N-ethyl adjacent to an activating group) is 1. The van der Waals surface area contributed by atoms with Gasteiger partial charge in [0, 0.05) is 19.0 Å². The van der Waals surface area contributed by atoms with E-state index in [9.17, 15) is 14.0 Å². The Kier molecular flexibility index (Phi) is 6.41. The molecule has 0 spiro atoms. The summed E-state index contributed by atoms with van der Waals surface area (Å²) in [6.45, 7) is 1.64. The van der Waals surface area contributed by atoms with Crippen molar-refractivity contribution in [3.63, 3.8) is 0 Å². The fourth-order valence-electron chi connectivity index (χ4n) is 3.37. The maximum Gasteiger partial charge on any atom is 0.348 e. The molecule has 9 heteroatoms. The minimum atomic E-state index is -0.576. The van der Waals surface area contributed by atoms with E-state index in [2.05, 4.69) is 5.10 Å². The molecular weight excluding hydrogens is 445 g/mol. The fraction of sp³-hybridized carbons (Fsp3) is 0.208. The second kappa shape index (κ2) is 9.41. The van der Waals surface area contributed by atoms with Crippen LogP contribution in [0.15, 0.2) is 54.6 Å². The maximum absolute atomic E-state index is 13.9. The van der Waals surface area contributed by atoms with Gasteiger partial charge in [-0.25, -0.2) is 13.9 Å². The molecular formula is C24H22FN3O4S. The van der Waals surface area contributed by atoms with Gasteiger partial charge in [0.1, 0.15) is 9.71 Å². The Labute approximate surface area is 194 Å². The molecule has 0 aliphatic carbocycles. The van der Waals surface area contributed by atoms with E-state index in [-0.39, 0.29) is 12.3 Å². The van der Waals surface area contributed by atoms with Crippen LogP contribution in [0.25, 0.3) is 15.9 Å². The molecule has 2 aromatic heterocycles. The molecule has 170 valence electrons. The van der Waals surface area contributed by atoms with Gasteiger partial charge in [-0.15, -0.1) is 11.3 Å². The zero-order valence-corrected chi connectivity index (χ0v) is 19.2. The topological polar surface area (TPSA) is 73.7 Å². The van der Waals surface area contributed by atoms with E-state index < -0.39 is 24.3 Å². The van der Waals surface area contributed by atoms with E-state index in [1.54, 1.807) is 23.9 Å². The smallest absolute Gasteiger partial charge is 0.348 e. The van der Waals surface area contributed by atoms with Gasteiger partial charge >= 0.3 is 5.97 Å². The van der Waals surface area contributed by atoms with E-state index in [0.29, 0.717) is 10.4 Å². The normalized spacial score (nSPS) is 10.9. The van der Waals surface area contributed by atoms with E-state index >= 15 is 0 Å². The number of fused-ring (bicyclic) bond motifs is 1. The SMILES string of the molecule is COc1ccc(CN(C)C(=O)COC(=O)c2cc3c(C)nn(-c4ccccc4)c3s2)cc1F. The minimum absolute atomic E-state index is 0.135. The fourth-order valence-corrected chi connectivity index (χ4v) is 4.45. The van der Waals surface area contributed by atoms with Gasteiger partial charge in [-0.05, 0) is 42.8 Å². The molecule has 1 amide bonds. The summed E-state index contributed by atoms with van der Waals surface area (Å²) in [5.41, 5.74) is 2.29. The van der Waals surface area contributed by atoms with Crippen molar-refractivity contribution in [2.45, 2.75) is 13.5 Å². The number of hydrogen-bond donors (Lipinski definition) is 0. The molecule has 0 saturated heterocycles. The molecule has 2 heterocycles. The highest BCUT2D eigenvalue weighted by Crippen LogP contribution is 2.30. The second-order valence-electron chi connectivity index (χ2n) is 7.46. The molecule has 4 rings (SSSR count). The quantitative estimate of drug-likeness (QED) is 0.378. The third-order valence-corrected chi connectivity index (χ3v) is 6.23. The number of benzene rings is 2. The lowest BCUT2D eigenvalue weighted by atomic mass is 10.2. The van der Waals surface area contributed by atoms with Gasteiger partial charge in [-0.3, -0.25) is 4.79 Å². The average Bonchev–Trinajstić information content (AvgIpc) is 3.38. The van der Waals surface area contributed by atoms with Crippen molar-refractivity contribution in [1.29, 1.82) is 0 Å². The molecule has 0 bridgehead atoms. The van der Waals surface area contributed by atoms with Crippen molar-refractivity contribution < 1.29 is 23.5 Å². The molecule has 0 fully saturated rings. The number of ether oxygens (including phenoxy) is 2. The van der Waals surface area contributed by atoms with Gasteiger partial charge in [0.05, 0.1) is 18.5 Å². The van der Waals surface area contributed by atoms with Crippen LogP contribution in [0.5, 0.6) is 5.75 Å². The van der Waals surface area contributed by atoms with Crippen LogP contribution in [0.3, 0.4) is 0 Å². The minimum Gasteiger partial charge on any atom is -0.494 e. The van der Waals surface area contributed by atoms with Gasteiger partial charge < -0.3 is 14.4 Å². The lowest BCUT2D eigenvalue weighted by Gasteiger charge is -2.17. The lowest BCUT2D eigenvalue weighted by Crippen LogP contribution is -2.30. The van der Waals surface area contributed by atoms with Gasteiger partial charge in [0.2, 0.25) is 0 Å². The number of carbonyl (C=O) groups excluding carboxylic acids is 2. The molecule has 0 atom stereocenters. The highest BCUT2D eigenvalue weighted by atomic mass is 32.1. The third kappa shape index (κ3) is 4.73. The van der Waals surface area contributed by atoms with Crippen molar-refractivity contribution in [2.75, 3.05) is 20.8 Å². The van der Waals surface area contributed by atoms with Crippen LogP contribution in [0.2, 0.25) is 0 Å². The number of rotatable bonds is 7. The molecule has 7 nitrogen and oxygen atoms in total. The lowest BCUT2D eigenvalue weighted by molar-refractivity contribution is -0.133. The molecule has 4 aromatic rings. The summed E-state index contributed by atoms with van der Waals surface area (Å²) in [7, 11) is 2.95. The number of thiophene rings is 1. The zero-order chi connectivity index (χ0) is 23.5. The first kappa shape index (κ1) is 22.5. The molecule has 0 unspecified atom stereocenters. The van der Waals surface area contributed by atoms with Crippen LogP contribution < -0.4 is 4.74 Å². The van der Waals surface area contributed by atoms with Crippen molar-refractivity contribution in [1.82, 2.24) is 14.7 Å². The second-order valence-corrected chi connectivity index (χ2v) is 8.49. The monoisotopic (exact) mass is 467 g/mol. The highest BCUT2D eigenvalue weighted by Gasteiger charge is 2.20. The van der Waals surface area contributed by atoms with E-state index in [4.69, 9.17) is 9.47 Å². The van der Waals surface area contributed by atoms with E-state index in [1.807, 2.05) is 37.3 Å². The standard InChI is InChI=1S/C24H22FN3O4S/c1-15-18-12-21(33-23(18)28(26-15)17-7-5-4-6-8-17)24(30)32-14-22(29)27(2)13-16-9-10-20(31-3)19(25)11-16/h4-12H,13-14H2,1-3H3. The van der Waals surface area contributed by atoms with Gasteiger partial charge in [0.15, 0.2) is 18.2 Å². The Morgan fingerprint density at radius 3 is 2.61 bits per heavy atom. The van der Waals surface area contributed by atoms with Crippen LogP contribution in [0.4, 0.5) is 4.39 Å². The maximum atomic E-state index is 13.9. The van der Waals surface area contributed by atoms with Crippen molar-refractivity contribution in [3.05, 3.63) is 76.5 Å². The number of methoxy groups -OCH3 is 1. The molecule has 0 radical (unpaired) electrons. The number of aryl methyl sites for hydroxylation is 1. The molecule has 0 saturated carbocycles.